The van der Waals surface area contributed by atoms with Crippen molar-refractivity contribution in [1.29, 1.82) is 0 Å². The summed E-state index contributed by atoms with van der Waals surface area (Å²) in [6.45, 7) is 13.7. The number of hydrogen-bond donors (Lipinski definition) is 0. The van der Waals surface area contributed by atoms with E-state index < -0.39 is 0 Å². The minimum absolute atomic E-state index is 0.213. The summed E-state index contributed by atoms with van der Waals surface area (Å²) in [5.41, 5.74) is 10.5. The SMILES string of the molecule is Cc1ccc2c3ccc(C(C)C)cc3n3c4cc(CC(C)(C)C)cc5nc[n+](C)c(c1c23)c54. The number of benzene rings is 3. The Hall–Kier alpha value is -3.20. The molecule has 0 aliphatic heterocycles. The maximum Gasteiger partial charge on any atom is 0.287 e. The highest BCUT2D eigenvalue weighted by molar-refractivity contribution is 6.25. The number of aryl methyl sites for hydroxylation is 2. The van der Waals surface area contributed by atoms with Crippen LogP contribution in [0.4, 0.5) is 0 Å². The molecule has 3 aromatic heterocycles. The normalized spacial score (nSPS) is 13.1. The summed E-state index contributed by atoms with van der Waals surface area (Å²) in [6, 6.07) is 16.3. The summed E-state index contributed by atoms with van der Waals surface area (Å²) in [6.07, 6.45) is 3.00. The Labute approximate surface area is 195 Å². The number of fused-ring (bicyclic) bond motifs is 5. The lowest BCUT2D eigenvalue weighted by molar-refractivity contribution is -0.646. The summed E-state index contributed by atoms with van der Waals surface area (Å²) < 4.78 is 4.74. The maximum absolute atomic E-state index is 4.90. The maximum atomic E-state index is 4.90. The standard InChI is InChI=1S/C30H32N3/c1-17(2)20-9-11-21-22-10-8-18(3)26-28(22)33(24(21)14-20)25-13-19(15-30(4,5)6)12-23-27(25)29(26)32(7)16-31-23/h8-14,16-17H,15H2,1-7H3/q+1. The predicted molar refractivity (Wildman–Crippen MR) is 140 cm³/mol. The van der Waals surface area contributed by atoms with Gasteiger partial charge in [-0.05, 0) is 64.6 Å². The van der Waals surface area contributed by atoms with E-state index in [2.05, 4.69) is 100 Å². The molecule has 0 fully saturated rings. The van der Waals surface area contributed by atoms with Gasteiger partial charge >= 0.3 is 0 Å². The molecule has 3 heterocycles. The molecule has 3 aromatic carbocycles. The van der Waals surface area contributed by atoms with E-state index in [9.17, 15) is 0 Å². The van der Waals surface area contributed by atoms with Crippen molar-refractivity contribution in [3.8, 4) is 0 Å². The van der Waals surface area contributed by atoms with Crippen molar-refractivity contribution < 1.29 is 4.57 Å². The molecule has 3 nitrogen and oxygen atoms in total. The number of nitrogens with zero attached hydrogens (tertiary/aromatic N) is 3. The van der Waals surface area contributed by atoms with Crippen molar-refractivity contribution in [2.45, 2.75) is 53.9 Å². The molecule has 3 heteroatoms. The largest absolute Gasteiger partial charge is 0.308 e. The van der Waals surface area contributed by atoms with E-state index >= 15 is 0 Å². The first-order valence-corrected chi connectivity index (χ1v) is 12.0. The molecule has 0 spiro atoms. The molecule has 33 heavy (non-hydrogen) atoms. The highest BCUT2D eigenvalue weighted by Gasteiger charge is 2.25. The number of rotatable bonds is 2. The van der Waals surface area contributed by atoms with Crippen LogP contribution in [0.15, 0.2) is 48.8 Å². The van der Waals surface area contributed by atoms with Crippen LogP contribution in [-0.2, 0) is 13.5 Å². The zero-order chi connectivity index (χ0) is 23.2. The first kappa shape index (κ1) is 20.4. The van der Waals surface area contributed by atoms with Crippen LogP contribution in [0, 0.1) is 12.3 Å². The number of hydrogen-bond acceptors (Lipinski definition) is 1. The molecule has 0 amide bonds. The van der Waals surface area contributed by atoms with E-state index in [1.165, 1.54) is 60.3 Å². The van der Waals surface area contributed by atoms with Crippen molar-refractivity contribution in [2.24, 2.45) is 12.5 Å². The van der Waals surface area contributed by atoms with E-state index in [4.69, 9.17) is 4.98 Å². The van der Waals surface area contributed by atoms with Gasteiger partial charge < -0.3 is 4.40 Å². The van der Waals surface area contributed by atoms with Crippen LogP contribution in [0.2, 0.25) is 0 Å². The topological polar surface area (TPSA) is 21.2 Å². The first-order valence-electron chi connectivity index (χ1n) is 12.0. The Morgan fingerprint density at radius 1 is 0.939 bits per heavy atom. The zero-order valence-electron chi connectivity index (χ0n) is 20.7. The lowest BCUT2D eigenvalue weighted by Gasteiger charge is -2.19. The van der Waals surface area contributed by atoms with Crippen LogP contribution >= 0.6 is 0 Å². The van der Waals surface area contributed by atoms with Gasteiger partial charge in [-0.15, -0.1) is 0 Å². The molecule has 0 atom stereocenters. The molecule has 166 valence electrons. The van der Waals surface area contributed by atoms with Crippen LogP contribution < -0.4 is 4.57 Å². The fraction of sp³-hybridized carbons (Fsp3) is 0.333. The molecule has 0 bridgehead atoms. The van der Waals surface area contributed by atoms with Gasteiger partial charge in [-0.2, -0.15) is 0 Å². The predicted octanol–water partition coefficient (Wildman–Crippen LogP) is 7.23. The van der Waals surface area contributed by atoms with Crippen LogP contribution in [0.1, 0.15) is 57.2 Å². The van der Waals surface area contributed by atoms with Gasteiger partial charge in [-0.25, -0.2) is 4.57 Å². The molecule has 0 unspecified atom stereocenters. The molecule has 0 radical (unpaired) electrons. The van der Waals surface area contributed by atoms with E-state index in [0.717, 1.165) is 11.9 Å². The average molecular weight is 435 g/mol. The Morgan fingerprint density at radius 3 is 2.42 bits per heavy atom. The molecule has 0 saturated carbocycles. The summed E-state index contributed by atoms with van der Waals surface area (Å²) in [5.74, 6) is 0.490. The lowest BCUT2D eigenvalue weighted by atomic mass is 9.87. The minimum Gasteiger partial charge on any atom is -0.308 e. The molecule has 6 aromatic rings. The number of aromatic nitrogens is 3. The Balaban J connectivity index is 1.94. The van der Waals surface area contributed by atoms with Crippen molar-refractivity contribution in [3.05, 3.63) is 65.5 Å². The Kier molecular flexibility index (Phi) is 4.12. The first-order chi connectivity index (χ1) is 15.6. The fourth-order valence-corrected chi connectivity index (χ4v) is 5.72. The van der Waals surface area contributed by atoms with E-state index in [-0.39, 0.29) is 5.41 Å². The van der Waals surface area contributed by atoms with Crippen LogP contribution in [0.25, 0.3) is 49.1 Å². The van der Waals surface area contributed by atoms with Crippen LogP contribution in [0.5, 0.6) is 0 Å². The third-order valence-electron chi connectivity index (χ3n) is 7.16. The fourth-order valence-electron chi connectivity index (χ4n) is 5.72. The molecular formula is C30H32N3+. The van der Waals surface area contributed by atoms with Gasteiger partial charge in [0, 0.05) is 16.2 Å². The van der Waals surface area contributed by atoms with Crippen molar-refractivity contribution in [1.82, 2.24) is 9.38 Å². The Bertz CT molecular complexity index is 1710. The molecular weight excluding hydrogens is 402 g/mol. The van der Waals surface area contributed by atoms with E-state index in [1.807, 2.05) is 6.33 Å². The molecule has 0 N–H and O–H groups in total. The Morgan fingerprint density at radius 2 is 1.70 bits per heavy atom. The van der Waals surface area contributed by atoms with Gasteiger partial charge in [0.2, 0.25) is 0 Å². The van der Waals surface area contributed by atoms with Gasteiger partial charge in [0.1, 0.15) is 5.52 Å². The molecule has 0 saturated heterocycles. The summed E-state index contributed by atoms with van der Waals surface area (Å²) in [5, 5.41) is 5.25. The smallest absolute Gasteiger partial charge is 0.287 e. The monoisotopic (exact) mass is 434 g/mol. The second kappa shape index (κ2) is 6.66. The van der Waals surface area contributed by atoms with Crippen LogP contribution in [-0.4, -0.2) is 9.38 Å². The minimum atomic E-state index is 0.213. The average Bonchev–Trinajstić information content (AvgIpc) is 3.07. The second-order valence-corrected chi connectivity index (χ2v) is 11.4. The van der Waals surface area contributed by atoms with Gasteiger partial charge in [0.15, 0.2) is 5.52 Å². The van der Waals surface area contributed by atoms with Crippen LogP contribution in [0.3, 0.4) is 0 Å². The van der Waals surface area contributed by atoms with Crippen molar-refractivity contribution in [2.75, 3.05) is 0 Å². The van der Waals surface area contributed by atoms with E-state index in [0.29, 0.717) is 5.92 Å². The van der Waals surface area contributed by atoms with Crippen molar-refractivity contribution >= 4 is 49.1 Å². The van der Waals surface area contributed by atoms with Gasteiger partial charge in [-0.1, -0.05) is 58.9 Å². The summed E-state index contributed by atoms with van der Waals surface area (Å²) in [7, 11) is 2.13. The second-order valence-electron chi connectivity index (χ2n) is 11.4. The third-order valence-corrected chi connectivity index (χ3v) is 7.16. The highest BCUT2D eigenvalue weighted by Crippen LogP contribution is 2.41. The molecule has 0 aliphatic rings. The number of pyridine rings is 1. The highest BCUT2D eigenvalue weighted by atomic mass is 15.0. The lowest BCUT2D eigenvalue weighted by Crippen LogP contribution is -2.30. The van der Waals surface area contributed by atoms with Gasteiger partial charge in [-0.3, -0.25) is 0 Å². The van der Waals surface area contributed by atoms with Gasteiger partial charge in [0.05, 0.1) is 29.0 Å². The zero-order valence-corrected chi connectivity index (χ0v) is 20.7. The third kappa shape index (κ3) is 2.88. The molecule has 0 aliphatic carbocycles. The van der Waals surface area contributed by atoms with Crippen molar-refractivity contribution in [3.63, 3.8) is 0 Å². The summed E-state index contributed by atoms with van der Waals surface area (Å²) in [4.78, 5) is 4.90. The summed E-state index contributed by atoms with van der Waals surface area (Å²) >= 11 is 0. The quantitative estimate of drug-likeness (QED) is 0.160. The van der Waals surface area contributed by atoms with E-state index in [1.54, 1.807) is 0 Å². The van der Waals surface area contributed by atoms with Gasteiger partial charge in [0.25, 0.3) is 6.33 Å². The molecule has 6 rings (SSSR count).